The molecule has 0 N–H and O–H groups in total. The van der Waals surface area contributed by atoms with Crippen LogP contribution in [0, 0.1) is 6.92 Å². The Morgan fingerprint density at radius 1 is 1.00 bits per heavy atom. The van der Waals surface area contributed by atoms with Crippen molar-refractivity contribution < 1.29 is 4.42 Å². The fourth-order valence-electron chi connectivity index (χ4n) is 2.27. The first-order valence-electron chi connectivity index (χ1n) is 6.30. The summed E-state index contributed by atoms with van der Waals surface area (Å²) >= 11 is 0. The van der Waals surface area contributed by atoms with Gasteiger partial charge < -0.3 is 4.42 Å². The number of rotatable bonds is 2. The third kappa shape index (κ3) is 2.29. The van der Waals surface area contributed by atoms with Gasteiger partial charge in [0.2, 0.25) is 0 Å². The molecule has 2 nitrogen and oxygen atoms in total. The highest BCUT2D eigenvalue weighted by Crippen LogP contribution is 2.18. The van der Waals surface area contributed by atoms with E-state index in [0.29, 0.717) is 17.6 Å². The minimum Gasteiger partial charge on any atom is -0.422 e. The summed E-state index contributed by atoms with van der Waals surface area (Å²) in [5.41, 5.74) is 3.24. The van der Waals surface area contributed by atoms with Crippen LogP contribution >= 0.6 is 0 Å². The highest BCUT2D eigenvalue weighted by atomic mass is 16.4. The number of hydrogen-bond donors (Lipinski definition) is 0. The van der Waals surface area contributed by atoms with Gasteiger partial charge in [-0.05, 0) is 24.1 Å². The predicted molar refractivity (Wildman–Crippen MR) is 76.5 cm³/mol. The second kappa shape index (κ2) is 4.73. The highest BCUT2D eigenvalue weighted by Gasteiger charge is 2.07. The van der Waals surface area contributed by atoms with Gasteiger partial charge in [0.25, 0.3) is 0 Å². The standard InChI is InChI=1S/C17H14O2/c1-12-6-5-9-14-11-15(17(18)19-16(12)14)10-13-7-3-2-4-8-13/h2-9,11H,10H2,1H3. The first kappa shape index (κ1) is 11.7. The maximum Gasteiger partial charge on any atom is 0.339 e. The summed E-state index contributed by atoms with van der Waals surface area (Å²) in [5.74, 6) is 0. The molecule has 0 aliphatic heterocycles. The molecule has 0 unspecified atom stereocenters. The Morgan fingerprint density at radius 2 is 1.79 bits per heavy atom. The number of hydrogen-bond acceptors (Lipinski definition) is 2. The first-order valence-corrected chi connectivity index (χ1v) is 6.30. The molecule has 0 fully saturated rings. The van der Waals surface area contributed by atoms with E-state index in [2.05, 4.69) is 0 Å². The summed E-state index contributed by atoms with van der Waals surface area (Å²) < 4.78 is 5.44. The lowest BCUT2D eigenvalue weighted by atomic mass is 10.0. The third-order valence-electron chi connectivity index (χ3n) is 3.27. The van der Waals surface area contributed by atoms with Crippen LogP contribution < -0.4 is 5.63 Å². The Kier molecular flexibility index (Phi) is 2.92. The van der Waals surface area contributed by atoms with Crippen molar-refractivity contribution in [3.63, 3.8) is 0 Å². The molecule has 1 aromatic heterocycles. The maximum absolute atomic E-state index is 12.0. The van der Waals surface area contributed by atoms with Crippen LogP contribution in [0.3, 0.4) is 0 Å². The normalized spacial score (nSPS) is 10.8. The fourth-order valence-corrected chi connectivity index (χ4v) is 2.27. The molecule has 2 heteroatoms. The Hall–Kier alpha value is -2.35. The van der Waals surface area contributed by atoms with Crippen LogP contribution in [0.4, 0.5) is 0 Å². The van der Waals surface area contributed by atoms with Crippen molar-refractivity contribution in [3.05, 3.63) is 81.7 Å². The van der Waals surface area contributed by atoms with Crippen LogP contribution in [-0.2, 0) is 6.42 Å². The van der Waals surface area contributed by atoms with E-state index in [1.807, 2.05) is 61.5 Å². The van der Waals surface area contributed by atoms with Crippen LogP contribution in [0.15, 0.2) is 63.8 Å². The van der Waals surface area contributed by atoms with Gasteiger partial charge in [-0.25, -0.2) is 4.79 Å². The van der Waals surface area contributed by atoms with Crippen LogP contribution in [0.2, 0.25) is 0 Å². The molecular formula is C17H14O2. The second-order valence-electron chi connectivity index (χ2n) is 4.71. The van der Waals surface area contributed by atoms with Crippen molar-refractivity contribution >= 4 is 11.0 Å². The van der Waals surface area contributed by atoms with Gasteiger partial charge in [-0.2, -0.15) is 0 Å². The lowest BCUT2D eigenvalue weighted by molar-refractivity contribution is 0.550. The van der Waals surface area contributed by atoms with E-state index in [0.717, 1.165) is 16.5 Å². The van der Waals surface area contributed by atoms with Gasteiger partial charge in [0.05, 0.1) is 0 Å². The van der Waals surface area contributed by atoms with Crippen LogP contribution in [0.25, 0.3) is 11.0 Å². The Bertz CT molecular complexity index is 770. The van der Waals surface area contributed by atoms with Crippen molar-refractivity contribution in [2.24, 2.45) is 0 Å². The predicted octanol–water partition coefficient (Wildman–Crippen LogP) is 3.69. The zero-order valence-corrected chi connectivity index (χ0v) is 10.7. The van der Waals surface area contributed by atoms with Gasteiger partial charge in [0, 0.05) is 17.4 Å². The first-order chi connectivity index (χ1) is 9.24. The van der Waals surface area contributed by atoms with Gasteiger partial charge in [-0.3, -0.25) is 0 Å². The Labute approximate surface area is 111 Å². The lowest BCUT2D eigenvalue weighted by Gasteiger charge is -2.04. The summed E-state index contributed by atoms with van der Waals surface area (Å²) in [5, 5.41) is 0.977. The molecule has 2 aromatic carbocycles. The summed E-state index contributed by atoms with van der Waals surface area (Å²) in [6.45, 7) is 1.95. The van der Waals surface area contributed by atoms with Gasteiger partial charge in [0.1, 0.15) is 5.58 Å². The van der Waals surface area contributed by atoms with Gasteiger partial charge >= 0.3 is 5.63 Å². The molecular weight excluding hydrogens is 236 g/mol. The molecule has 0 aliphatic carbocycles. The van der Waals surface area contributed by atoms with Crippen LogP contribution in [0.1, 0.15) is 16.7 Å². The van der Waals surface area contributed by atoms with Crippen LogP contribution in [-0.4, -0.2) is 0 Å². The van der Waals surface area contributed by atoms with E-state index in [1.165, 1.54) is 0 Å². The van der Waals surface area contributed by atoms with Crippen molar-refractivity contribution in [1.82, 2.24) is 0 Å². The van der Waals surface area contributed by atoms with Crippen molar-refractivity contribution in [2.45, 2.75) is 13.3 Å². The number of aryl methyl sites for hydroxylation is 1. The van der Waals surface area contributed by atoms with Gasteiger partial charge in [-0.15, -0.1) is 0 Å². The smallest absolute Gasteiger partial charge is 0.339 e. The second-order valence-corrected chi connectivity index (χ2v) is 4.71. The average Bonchev–Trinajstić information content (AvgIpc) is 2.42. The SMILES string of the molecule is Cc1cccc2cc(Cc3ccccc3)c(=O)oc12. The lowest BCUT2D eigenvalue weighted by Crippen LogP contribution is -2.07. The van der Waals surface area contributed by atoms with E-state index < -0.39 is 0 Å². The quantitative estimate of drug-likeness (QED) is 0.649. The zero-order chi connectivity index (χ0) is 13.2. The molecule has 3 aromatic rings. The molecule has 19 heavy (non-hydrogen) atoms. The van der Waals surface area contributed by atoms with Crippen molar-refractivity contribution in [3.8, 4) is 0 Å². The van der Waals surface area contributed by atoms with E-state index in [1.54, 1.807) is 0 Å². The van der Waals surface area contributed by atoms with Crippen molar-refractivity contribution in [1.29, 1.82) is 0 Å². The largest absolute Gasteiger partial charge is 0.422 e. The molecule has 0 spiro atoms. The average molecular weight is 250 g/mol. The summed E-state index contributed by atoms with van der Waals surface area (Å²) in [6, 6.07) is 17.8. The van der Waals surface area contributed by atoms with Gasteiger partial charge in [-0.1, -0.05) is 48.5 Å². The number of benzene rings is 2. The zero-order valence-electron chi connectivity index (χ0n) is 10.7. The maximum atomic E-state index is 12.0. The fraction of sp³-hybridized carbons (Fsp3) is 0.118. The van der Waals surface area contributed by atoms with Crippen molar-refractivity contribution in [2.75, 3.05) is 0 Å². The molecule has 0 bridgehead atoms. The molecule has 0 amide bonds. The third-order valence-corrected chi connectivity index (χ3v) is 3.27. The molecule has 0 atom stereocenters. The Morgan fingerprint density at radius 3 is 2.58 bits per heavy atom. The van der Waals surface area contributed by atoms with E-state index in [-0.39, 0.29) is 5.63 Å². The number of fused-ring (bicyclic) bond motifs is 1. The molecule has 3 rings (SSSR count). The number of para-hydroxylation sites is 1. The summed E-state index contributed by atoms with van der Waals surface area (Å²) in [7, 11) is 0. The monoisotopic (exact) mass is 250 g/mol. The molecule has 0 radical (unpaired) electrons. The molecule has 0 aliphatic rings. The Balaban J connectivity index is 2.10. The van der Waals surface area contributed by atoms with E-state index >= 15 is 0 Å². The highest BCUT2D eigenvalue weighted by molar-refractivity contribution is 5.79. The van der Waals surface area contributed by atoms with Crippen LogP contribution in [0.5, 0.6) is 0 Å². The van der Waals surface area contributed by atoms with E-state index in [4.69, 9.17) is 4.42 Å². The topological polar surface area (TPSA) is 30.2 Å². The summed E-state index contributed by atoms with van der Waals surface area (Å²) in [6.07, 6.45) is 0.604. The van der Waals surface area contributed by atoms with E-state index in [9.17, 15) is 4.79 Å². The molecule has 1 heterocycles. The molecule has 0 saturated heterocycles. The summed E-state index contributed by atoms with van der Waals surface area (Å²) in [4.78, 5) is 12.0. The van der Waals surface area contributed by atoms with Gasteiger partial charge in [0.15, 0.2) is 0 Å². The molecule has 94 valence electrons. The minimum atomic E-state index is -0.245. The molecule has 0 saturated carbocycles. The minimum absolute atomic E-state index is 0.245.